The van der Waals surface area contributed by atoms with Gasteiger partial charge in [0.2, 0.25) is 0 Å². The molecule has 0 saturated heterocycles. The quantitative estimate of drug-likeness (QED) is 0.459. The summed E-state index contributed by atoms with van der Waals surface area (Å²) in [5.41, 5.74) is 1.84. The second kappa shape index (κ2) is 7.58. The molecule has 0 radical (unpaired) electrons. The number of nitrogens with zero attached hydrogens (tertiary/aromatic N) is 3. The second-order valence-corrected chi connectivity index (χ2v) is 6.69. The van der Waals surface area contributed by atoms with Crippen LogP contribution >= 0.6 is 0 Å². The highest BCUT2D eigenvalue weighted by Gasteiger charge is 2.30. The topological polar surface area (TPSA) is 83.6 Å². The Hall–Kier alpha value is -3.75. The molecule has 0 spiro atoms. The molecule has 0 unspecified atom stereocenters. The number of anilines is 1. The number of carbonyl (C=O) groups is 1. The molecule has 2 heterocycles. The Kier molecular flexibility index (Phi) is 4.94. The summed E-state index contributed by atoms with van der Waals surface area (Å²) in [6.07, 6.45) is -2.94. The van der Waals surface area contributed by atoms with Crippen molar-refractivity contribution in [3.8, 4) is 11.4 Å². The lowest BCUT2D eigenvalue weighted by atomic mass is 10.1. The van der Waals surface area contributed by atoms with Crippen molar-refractivity contribution in [3.63, 3.8) is 0 Å². The van der Waals surface area contributed by atoms with E-state index >= 15 is 0 Å². The molecule has 4 aromatic rings. The van der Waals surface area contributed by atoms with E-state index in [0.29, 0.717) is 39.5 Å². The fraction of sp³-hybridized carbons (Fsp3) is 0.143. The Bertz CT molecular complexity index is 1230. The van der Waals surface area contributed by atoms with E-state index in [1.807, 2.05) is 0 Å². The number of halogens is 3. The van der Waals surface area contributed by atoms with Gasteiger partial charge in [-0.15, -0.1) is 0 Å². The van der Waals surface area contributed by atoms with Gasteiger partial charge >= 0.3 is 6.18 Å². The Labute approximate surface area is 169 Å². The van der Waals surface area contributed by atoms with E-state index in [1.54, 1.807) is 30.3 Å². The van der Waals surface area contributed by atoms with Crippen molar-refractivity contribution in [3.05, 3.63) is 71.5 Å². The zero-order valence-electron chi connectivity index (χ0n) is 15.8. The zero-order chi connectivity index (χ0) is 21.3. The van der Waals surface area contributed by atoms with Gasteiger partial charge in [-0.3, -0.25) is 4.79 Å². The summed E-state index contributed by atoms with van der Waals surface area (Å²) in [7, 11) is 0. The third-order valence-corrected chi connectivity index (χ3v) is 4.53. The van der Waals surface area contributed by atoms with Gasteiger partial charge in [0, 0.05) is 17.7 Å². The number of hydrogen-bond acceptors (Lipinski definition) is 5. The number of ketones is 1. The van der Waals surface area contributed by atoms with Crippen LogP contribution in [0.2, 0.25) is 0 Å². The minimum absolute atomic E-state index is 0.0828. The van der Waals surface area contributed by atoms with Crippen molar-refractivity contribution >= 4 is 22.8 Å². The number of rotatable bonds is 5. The normalized spacial score (nSPS) is 11.6. The van der Waals surface area contributed by atoms with E-state index in [9.17, 15) is 18.0 Å². The number of hydrogen-bond donors (Lipinski definition) is 2. The van der Waals surface area contributed by atoms with Crippen LogP contribution in [0.3, 0.4) is 0 Å². The van der Waals surface area contributed by atoms with Crippen molar-refractivity contribution < 1.29 is 18.0 Å². The van der Waals surface area contributed by atoms with Gasteiger partial charge in [-0.2, -0.15) is 13.2 Å². The lowest BCUT2D eigenvalue weighted by Crippen LogP contribution is -2.08. The standard InChI is InChI=1S/C21H16F3N5O/c1-12(30)14-5-3-6-15(9-14)18-28-19(17-20(29-18)27-11-26-17)25-10-13-4-2-7-16(8-13)21(22,23)24/h2-9,11H,10H2,1H3,(H2,25,26,27,28,29). The van der Waals surface area contributed by atoms with Gasteiger partial charge in [-0.05, 0) is 30.7 Å². The molecule has 0 aliphatic carbocycles. The van der Waals surface area contributed by atoms with E-state index in [-0.39, 0.29) is 12.3 Å². The molecule has 2 aromatic carbocycles. The van der Waals surface area contributed by atoms with Crippen molar-refractivity contribution in [2.24, 2.45) is 0 Å². The fourth-order valence-corrected chi connectivity index (χ4v) is 3.01. The Balaban J connectivity index is 1.67. The second-order valence-electron chi connectivity index (χ2n) is 6.69. The molecule has 0 aliphatic heterocycles. The summed E-state index contributed by atoms with van der Waals surface area (Å²) in [6.45, 7) is 1.60. The molecule has 0 amide bonds. The summed E-state index contributed by atoms with van der Waals surface area (Å²) in [6, 6.07) is 12.0. The molecule has 2 N–H and O–H groups in total. The lowest BCUT2D eigenvalue weighted by Gasteiger charge is -2.11. The summed E-state index contributed by atoms with van der Waals surface area (Å²) in [5, 5.41) is 3.06. The maximum Gasteiger partial charge on any atom is 0.416 e. The van der Waals surface area contributed by atoms with Crippen LogP contribution in [0.4, 0.5) is 19.0 Å². The first kappa shape index (κ1) is 19.6. The molecule has 2 aromatic heterocycles. The number of aromatic nitrogens is 4. The molecule has 6 nitrogen and oxygen atoms in total. The van der Waals surface area contributed by atoms with Crippen molar-refractivity contribution in [2.75, 3.05) is 5.32 Å². The predicted octanol–water partition coefficient (Wildman–Crippen LogP) is 4.85. The lowest BCUT2D eigenvalue weighted by molar-refractivity contribution is -0.137. The molecule has 9 heteroatoms. The number of imidazole rings is 1. The van der Waals surface area contributed by atoms with Crippen LogP contribution in [-0.2, 0) is 12.7 Å². The van der Waals surface area contributed by atoms with Gasteiger partial charge in [0.1, 0.15) is 5.52 Å². The van der Waals surface area contributed by atoms with Gasteiger partial charge in [0.05, 0.1) is 11.9 Å². The first-order valence-corrected chi connectivity index (χ1v) is 9.04. The minimum Gasteiger partial charge on any atom is -0.364 e. The molecule has 152 valence electrons. The Morgan fingerprint density at radius 1 is 1.10 bits per heavy atom. The van der Waals surface area contributed by atoms with Crippen molar-refractivity contribution in [1.29, 1.82) is 0 Å². The van der Waals surface area contributed by atoms with E-state index in [4.69, 9.17) is 0 Å². The number of carbonyl (C=O) groups excluding carboxylic acids is 1. The predicted molar refractivity (Wildman–Crippen MR) is 106 cm³/mol. The molecule has 0 aliphatic rings. The Morgan fingerprint density at radius 2 is 1.90 bits per heavy atom. The number of nitrogens with one attached hydrogen (secondary N) is 2. The van der Waals surface area contributed by atoms with E-state index < -0.39 is 11.7 Å². The van der Waals surface area contributed by atoms with Gasteiger partial charge in [0.25, 0.3) is 0 Å². The van der Waals surface area contributed by atoms with Gasteiger partial charge in [0.15, 0.2) is 23.1 Å². The number of H-pyrrole nitrogens is 1. The van der Waals surface area contributed by atoms with Crippen LogP contribution in [0.15, 0.2) is 54.9 Å². The van der Waals surface area contributed by atoms with Crippen LogP contribution in [0.5, 0.6) is 0 Å². The van der Waals surface area contributed by atoms with Crippen LogP contribution in [0.1, 0.15) is 28.4 Å². The van der Waals surface area contributed by atoms with E-state index in [0.717, 1.165) is 12.1 Å². The first-order valence-electron chi connectivity index (χ1n) is 9.04. The summed E-state index contributed by atoms with van der Waals surface area (Å²) < 4.78 is 38.8. The number of alkyl halides is 3. The number of benzene rings is 2. The van der Waals surface area contributed by atoms with E-state index in [1.165, 1.54) is 19.3 Å². The van der Waals surface area contributed by atoms with Gasteiger partial charge in [-0.25, -0.2) is 15.0 Å². The molecule has 0 atom stereocenters. The van der Waals surface area contributed by atoms with Gasteiger partial charge in [-0.1, -0.05) is 30.3 Å². The van der Waals surface area contributed by atoms with Crippen LogP contribution in [0.25, 0.3) is 22.6 Å². The third kappa shape index (κ3) is 4.00. The highest BCUT2D eigenvalue weighted by atomic mass is 19.4. The highest BCUT2D eigenvalue weighted by Crippen LogP contribution is 2.30. The molecular formula is C21H16F3N5O. The van der Waals surface area contributed by atoms with Crippen LogP contribution in [-0.4, -0.2) is 25.7 Å². The smallest absolute Gasteiger partial charge is 0.364 e. The average Bonchev–Trinajstić information content (AvgIpc) is 3.20. The van der Waals surface area contributed by atoms with Crippen molar-refractivity contribution in [1.82, 2.24) is 19.9 Å². The number of Topliss-reactive ketones (excluding diaryl/α,β-unsaturated/α-hetero) is 1. The third-order valence-electron chi connectivity index (χ3n) is 4.53. The monoisotopic (exact) mass is 411 g/mol. The Morgan fingerprint density at radius 3 is 2.67 bits per heavy atom. The zero-order valence-corrected chi connectivity index (χ0v) is 15.8. The molecule has 30 heavy (non-hydrogen) atoms. The first-order chi connectivity index (χ1) is 14.3. The van der Waals surface area contributed by atoms with E-state index in [2.05, 4.69) is 25.3 Å². The molecule has 4 rings (SSSR count). The van der Waals surface area contributed by atoms with Crippen LogP contribution < -0.4 is 5.32 Å². The van der Waals surface area contributed by atoms with Crippen molar-refractivity contribution in [2.45, 2.75) is 19.6 Å². The average molecular weight is 411 g/mol. The largest absolute Gasteiger partial charge is 0.416 e. The minimum atomic E-state index is -4.41. The van der Waals surface area contributed by atoms with Gasteiger partial charge < -0.3 is 10.3 Å². The van der Waals surface area contributed by atoms with Crippen LogP contribution in [0, 0.1) is 0 Å². The summed E-state index contributed by atoms with van der Waals surface area (Å²) in [4.78, 5) is 27.7. The maximum absolute atomic E-state index is 12.9. The highest BCUT2D eigenvalue weighted by molar-refractivity contribution is 5.95. The summed E-state index contributed by atoms with van der Waals surface area (Å²) in [5.74, 6) is 0.669. The SMILES string of the molecule is CC(=O)c1cccc(-c2nc(NCc3cccc(C(F)(F)F)c3)c3[nH]cnc3n2)c1. The molecule has 0 saturated carbocycles. The fourth-order valence-electron chi connectivity index (χ4n) is 3.01. The number of aromatic amines is 1. The molecule has 0 fully saturated rings. The maximum atomic E-state index is 12.9. The molecule has 0 bridgehead atoms. The summed E-state index contributed by atoms with van der Waals surface area (Å²) >= 11 is 0. The number of fused-ring (bicyclic) bond motifs is 1. The molecular weight excluding hydrogens is 395 g/mol.